The van der Waals surface area contributed by atoms with Gasteiger partial charge in [-0.25, -0.2) is 4.98 Å². The fourth-order valence-electron chi connectivity index (χ4n) is 3.23. The molecule has 0 saturated carbocycles. The lowest BCUT2D eigenvalue weighted by Gasteiger charge is -2.12. The minimum absolute atomic E-state index is 0.257. The van der Waals surface area contributed by atoms with Crippen molar-refractivity contribution in [1.82, 2.24) is 4.98 Å². The van der Waals surface area contributed by atoms with Crippen LogP contribution in [0.25, 0.3) is 21.1 Å². The van der Waals surface area contributed by atoms with Gasteiger partial charge in [-0.3, -0.25) is 4.79 Å². The van der Waals surface area contributed by atoms with E-state index in [1.54, 1.807) is 14.2 Å². The molecule has 0 fully saturated rings. The minimum Gasteiger partial charge on any atom is -0.493 e. The van der Waals surface area contributed by atoms with E-state index in [2.05, 4.69) is 10.3 Å². The van der Waals surface area contributed by atoms with Crippen LogP contribution in [0.15, 0.2) is 42.5 Å². The van der Waals surface area contributed by atoms with Crippen LogP contribution in [0.4, 0.5) is 17.1 Å². The molecule has 4 rings (SSSR count). The number of fused-ring (bicyclic) bond motifs is 2. The second-order valence-electron chi connectivity index (χ2n) is 6.98. The second kappa shape index (κ2) is 7.72. The van der Waals surface area contributed by atoms with E-state index in [-0.39, 0.29) is 5.91 Å². The Kier molecular flexibility index (Phi) is 5.09. The third-order valence-electron chi connectivity index (χ3n) is 4.87. The predicted octanol–water partition coefficient (Wildman–Crippen LogP) is 4.37. The molecule has 0 aliphatic heterocycles. The molecule has 2 aromatic carbocycles. The fraction of sp³-hybridized carbons (Fsp3) is 0.182. The van der Waals surface area contributed by atoms with Gasteiger partial charge in [0.1, 0.15) is 9.71 Å². The molecule has 1 amide bonds. The third kappa shape index (κ3) is 3.46. The number of ether oxygens (including phenoxy) is 2. The van der Waals surface area contributed by atoms with Crippen LogP contribution in [0.5, 0.6) is 11.5 Å². The molecule has 0 radical (unpaired) electrons. The van der Waals surface area contributed by atoms with Crippen LogP contribution in [0, 0.1) is 0 Å². The molecule has 0 unspecified atom stereocenters. The van der Waals surface area contributed by atoms with Crippen molar-refractivity contribution in [3.8, 4) is 11.5 Å². The molecule has 0 aliphatic carbocycles. The van der Waals surface area contributed by atoms with E-state index >= 15 is 0 Å². The zero-order chi connectivity index (χ0) is 21.4. The zero-order valence-electron chi connectivity index (χ0n) is 17.1. The lowest BCUT2D eigenvalue weighted by Crippen LogP contribution is -2.12. The number of aromatic nitrogens is 1. The lowest BCUT2D eigenvalue weighted by atomic mass is 10.1. The molecule has 2 heterocycles. The number of hydrogen-bond donors (Lipinski definition) is 2. The van der Waals surface area contributed by atoms with Gasteiger partial charge in [0.2, 0.25) is 0 Å². The summed E-state index contributed by atoms with van der Waals surface area (Å²) >= 11 is 1.27. The number of nitrogens with zero attached hydrogens (tertiary/aromatic N) is 2. The van der Waals surface area contributed by atoms with Gasteiger partial charge in [0.25, 0.3) is 5.91 Å². The Hall–Kier alpha value is -3.52. The predicted molar refractivity (Wildman–Crippen MR) is 123 cm³/mol. The first-order valence-electron chi connectivity index (χ1n) is 9.24. The molecule has 8 heteroatoms. The number of carbonyl (C=O) groups is 1. The molecule has 4 aromatic rings. The van der Waals surface area contributed by atoms with Gasteiger partial charge in [-0.1, -0.05) is 0 Å². The Morgan fingerprint density at radius 2 is 1.73 bits per heavy atom. The number of nitrogens with one attached hydrogen (secondary N) is 1. The number of anilines is 3. The monoisotopic (exact) mass is 422 g/mol. The summed E-state index contributed by atoms with van der Waals surface area (Å²) in [6, 6.07) is 13.2. The molecule has 0 saturated heterocycles. The summed E-state index contributed by atoms with van der Waals surface area (Å²) in [4.78, 5) is 20.7. The van der Waals surface area contributed by atoms with Crippen molar-refractivity contribution in [2.75, 3.05) is 44.3 Å². The first-order chi connectivity index (χ1) is 14.4. The number of pyridine rings is 1. The molecule has 30 heavy (non-hydrogen) atoms. The fourth-order valence-corrected chi connectivity index (χ4v) is 4.21. The third-order valence-corrected chi connectivity index (χ3v) is 5.98. The van der Waals surface area contributed by atoms with Gasteiger partial charge in [0.05, 0.1) is 25.4 Å². The molecule has 3 N–H and O–H groups in total. The van der Waals surface area contributed by atoms with E-state index in [0.717, 1.165) is 22.0 Å². The van der Waals surface area contributed by atoms with E-state index in [9.17, 15) is 4.79 Å². The SMILES string of the molecule is COc1cc2cc3c(N)c(C(=O)Nc4ccc(N(C)C)cc4)sc3nc2cc1OC. The average Bonchev–Trinajstić information content (AvgIpc) is 3.07. The summed E-state index contributed by atoms with van der Waals surface area (Å²) in [5, 5.41) is 4.51. The first kappa shape index (κ1) is 19.8. The average molecular weight is 423 g/mol. The number of thiophene rings is 1. The van der Waals surface area contributed by atoms with Gasteiger partial charge >= 0.3 is 0 Å². The van der Waals surface area contributed by atoms with Crippen molar-refractivity contribution in [3.63, 3.8) is 0 Å². The molecule has 0 atom stereocenters. The molecule has 0 aliphatic rings. The number of benzene rings is 2. The summed E-state index contributed by atoms with van der Waals surface area (Å²) in [7, 11) is 7.10. The topological polar surface area (TPSA) is 89.7 Å². The van der Waals surface area contributed by atoms with Gasteiger partial charge in [-0.05, 0) is 36.4 Å². The van der Waals surface area contributed by atoms with Gasteiger partial charge in [0, 0.05) is 42.3 Å². The smallest absolute Gasteiger partial charge is 0.267 e. The Morgan fingerprint density at radius 3 is 2.37 bits per heavy atom. The van der Waals surface area contributed by atoms with Crippen LogP contribution in [0.1, 0.15) is 9.67 Å². The van der Waals surface area contributed by atoms with Gasteiger partial charge in [-0.15, -0.1) is 11.3 Å². The van der Waals surface area contributed by atoms with Crippen molar-refractivity contribution in [1.29, 1.82) is 0 Å². The number of nitrogens with two attached hydrogens (primary N) is 1. The molecular weight excluding hydrogens is 400 g/mol. The standard InChI is InChI=1S/C22H22N4O3S/c1-26(2)14-7-5-13(6-8-14)24-21(27)20-19(23)15-9-12-10-17(28-3)18(29-4)11-16(12)25-22(15)30-20/h5-11H,23H2,1-4H3,(H,24,27). The Balaban J connectivity index is 1.71. The van der Waals surface area contributed by atoms with Crippen LogP contribution in [0.2, 0.25) is 0 Å². The summed E-state index contributed by atoms with van der Waals surface area (Å²) < 4.78 is 10.7. The highest BCUT2D eigenvalue weighted by Crippen LogP contribution is 2.38. The van der Waals surface area contributed by atoms with Gasteiger partial charge < -0.3 is 25.4 Å². The lowest BCUT2D eigenvalue weighted by molar-refractivity contribution is 0.103. The summed E-state index contributed by atoms with van der Waals surface area (Å²) in [6.45, 7) is 0. The number of amides is 1. The van der Waals surface area contributed by atoms with Crippen LogP contribution in [-0.4, -0.2) is 39.2 Å². The first-order valence-corrected chi connectivity index (χ1v) is 10.1. The van der Waals surface area contributed by atoms with Crippen molar-refractivity contribution >= 4 is 55.4 Å². The molecule has 0 bridgehead atoms. The molecule has 7 nitrogen and oxygen atoms in total. The van der Waals surface area contributed by atoms with E-state index in [1.807, 2.05) is 61.5 Å². The summed E-state index contributed by atoms with van der Waals surface area (Å²) in [6.07, 6.45) is 0. The van der Waals surface area contributed by atoms with Crippen LogP contribution in [-0.2, 0) is 0 Å². The Labute approximate surface area is 178 Å². The summed E-state index contributed by atoms with van der Waals surface area (Å²) in [5.41, 5.74) is 9.24. The highest BCUT2D eigenvalue weighted by Gasteiger charge is 2.19. The van der Waals surface area contributed by atoms with E-state index in [4.69, 9.17) is 15.2 Å². The largest absolute Gasteiger partial charge is 0.493 e. The van der Waals surface area contributed by atoms with Crippen LogP contribution < -0.4 is 25.4 Å². The molecule has 154 valence electrons. The normalized spacial score (nSPS) is 10.9. The van der Waals surface area contributed by atoms with Crippen LogP contribution >= 0.6 is 11.3 Å². The highest BCUT2D eigenvalue weighted by molar-refractivity contribution is 7.21. The molecular formula is C22H22N4O3S. The van der Waals surface area contributed by atoms with Crippen molar-refractivity contribution in [2.24, 2.45) is 0 Å². The van der Waals surface area contributed by atoms with E-state index in [0.29, 0.717) is 32.6 Å². The minimum atomic E-state index is -0.257. The maximum absolute atomic E-state index is 12.9. The number of nitrogen functional groups attached to an aromatic ring is 1. The van der Waals surface area contributed by atoms with Gasteiger partial charge in [0.15, 0.2) is 11.5 Å². The molecule has 2 aromatic heterocycles. The maximum Gasteiger partial charge on any atom is 0.267 e. The van der Waals surface area contributed by atoms with Gasteiger partial charge in [-0.2, -0.15) is 0 Å². The van der Waals surface area contributed by atoms with Crippen LogP contribution in [0.3, 0.4) is 0 Å². The number of rotatable bonds is 5. The van der Waals surface area contributed by atoms with E-state index < -0.39 is 0 Å². The van der Waals surface area contributed by atoms with E-state index in [1.165, 1.54) is 11.3 Å². The van der Waals surface area contributed by atoms with Crippen molar-refractivity contribution < 1.29 is 14.3 Å². The van der Waals surface area contributed by atoms with Crippen molar-refractivity contribution in [2.45, 2.75) is 0 Å². The Bertz CT molecular complexity index is 1250. The maximum atomic E-state index is 12.9. The zero-order valence-corrected chi connectivity index (χ0v) is 18.0. The van der Waals surface area contributed by atoms with Crippen molar-refractivity contribution in [3.05, 3.63) is 47.3 Å². The quantitative estimate of drug-likeness (QED) is 0.496. The second-order valence-corrected chi connectivity index (χ2v) is 7.98. The molecule has 0 spiro atoms. The summed E-state index contributed by atoms with van der Waals surface area (Å²) in [5.74, 6) is 0.951. The number of carbonyl (C=O) groups excluding carboxylic acids is 1. The number of methoxy groups -OCH3 is 2. The Morgan fingerprint density at radius 1 is 1.07 bits per heavy atom. The number of hydrogen-bond acceptors (Lipinski definition) is 7. The highest BCUT2D eigenvalue weighted by atomic mass is 32.1.